The van der Waals surface area contributed by atoms with Gasteiger partial charge in [0.25, 0.3) is 0 Å². The molecule has 2 fully saturated rings. The molecule has 3 rings (SSSR count). The molecule has 2 amide bonds. The maximum absolute atomic E-state index is 13.5. The van der Waals surface area contributed by atoms with Crippen LogP contribution in [0.25, 0.3) is 0 Å². The average Bonchev–Trinajstić information content (AvgIpc) is 3.35. The standard InChI is InChI=1S/C15H21NO3.2C4H9.Sn/c1-14(2,3)19-13(18)16-9-11(8-10-6-7-10)15(4,5)12(16)17;2*1-3-4-2;/h10H,4,6-7,9H2,1-3,5H3;2*1,3-4H2,2H3;. The first kappa shape index (κ1) is 22.2. The Kier molecular flexibility index (Phi) is 6.30. The van der Waals surface area contributed by atoms with Crippen molar-refractivity contribution in [3.05, 3.63) is 9.16 Å². The molecule has 0 radical (unpaired) electrons. The van der Waals surface area contributed by atoms with Crippen LogP contribution < -0.4 is 0 Å². The number of fused-ring (bicyclic) bond motifs is 1. The fourth-order valence-corrected chi connectivity index (χ4v) is 26.3. The van der Waals surface area contributed by atoms with Gasteiger partial charge in [0.05, 0.1) is 0 Å². The molecule has 1 saturated carbocycles. The number of rotatable bonds is 7. The van der Waals surface area contributed by atoms with E-state index in [-0.39, 0.29) is 5.91 Å². The number of amides is 2. The number of allylic oxidation sites excluding steroid dienone is 1. The zero-order chi connectivity index (χ0) is 20.7. The Morgan fingerprint density at radius 3 is 2.21 bits per heavy atom. The molecule has 1 saturated heterocycles. The number of hydrogen-bond donors (Lipinski definition) is 0. The van der Waals surface area contributed by atoms with Crippen molar-refractivity contribution >= 4 is 30.4 Å². The van der Waals surface area contributed by atoms with Gasteiger partial charge in [-0.15, -0.1) is 0 Å². The summed E-state index contributed by atoms with van der Waals surface area (Å²) in [6.07, 6.45) is 7.24. The summed E-state index contributed by atoms with van der Waals surface area (Å²) in [7, 11) is 0. The first-order valence-corrected chi connectivity index (χ1v) is 18.8. The van der Waals surface area contributed by atoms with Gasteiger partial charge in [0.1, 0.15) is 0 Å². The predicted octanol–water partition coefficient (Wildman–Crippen LogP) is 6.08. The molecule has 0 aromatic heterocycles. The molecular formula is C23H39NO3Sn. The first-order valence-electron chi connectivity index (χ1n) is 11.4. The number of carbonyl (C=O) groups excluding carboxylic acids is 2. The number of nitrogens with zero attached hydrogens (tertiary/aromatic N) is 1. The van der Waals surface area contributed by atoms with Crippen molar-refractivity contribution in [3.63, 3.8) is 0 Å². The van der Waals surface area contributed by atoms with E-state index in [4.69, 9.17) is 4.74 Å². The van der Waals surface area contributed by atoms with Crippen molar-refractivity contribution in [2.24, 2.45) is 11.3 Å². The van der Waals surface area contributed by atoms with E-state index in [1.165, 1.54) is 57.9 Å². The van der Waals surface area contributed by atoms with Crippen molar-refractivity contribution in [2.75, 3.05) is 6.54 Å². The van der Waals surface area contributed by atoms with Crippen molar-refractivity contribution in [3.8, 4) is 0 Å². The van der Waals surface area contributed by atoms with Gasteiger partial charge in [0.2, 0.25) is 0 Å². The fraction of sp³-hybridized carbons (Fsp3) is 0.826. The minimum absolute atomic E-state index is 0.0153. The summed E-state index contributed by atoms with van der Waals surface area (Å²) in [5.41, 5.74) is 0.357. The third kappa shape index (κ3) is 4.04. The molecule has 0 bridgehead atoms. The molecule has 28 heavy (non-hydrogen) atoms. The molecule has 1 unspecified atom stereocenters. The molecule has 0 aromatic carbocycles. The summed E-state index contributed by atoms with van der Waals surface area (Å²) in [6.45, 7) is 12.8. The number of unbranched alkanes of at least 4 members (excludes halogenated alkanes) is 2. The molecule has 5 heteroatoms. The van der Waals surface area contributed by atoms with Crippen LogP contribution in [0.2, 0.25) is 13.3 Å². The van der Waals surface area contributed by atoms with Crippen LogP contribution in [0, 0.1) is 11.3 Å². The van der Waals surface area contributed by atoms with Gasteiger partial charge in [-0.3, -0.25) is 0 Å². The SMILES string of the molecule is CCC[CH2][Sn]1([CH2]CCC)[CH2]C2(C)C(=O)N(C(=O)OC(C)(C)C)CC2=[C]1C1CC1. The third-order valence-electron chi connectivity index (χ3n) is 6.91. The van der Waals surface area contributed by atoms with Crippen molar-refractivity contribution in [1.29, 1.82) is 0 Å². The molecule has 3 aliphatic rings. The van der Waals surface area contributed by atoms with Crippen molar-refractivity contribution in [2.45, 2.75) is 99.0 Å². The van der Waals surface area contributed by atoms with Crippen LogP contribution in [-0.4, -0.2) is 47.4 Å². The van der Waals surface area contributed by atoms with E-state index in [0.717, 1.165) is 10.4 Å². The van der Waals surface area contributed by atoms with E-state index < -0.39 is 35.5 Å². The minimum atomic E-state index is -2.58. The van der Waals surface area contributed by atoms with Gasteiger partial charge in [-0.2, -0.15) is 0 Å². The molecule has 1 atom stereocenters. The fourth-order valence-electron chi connectivity index (χ4n) is 5.61. The molecular weight excluding hydrogens is 457 g/mol. The van der Waals surface area contributed by atoms with E-state index in [9.17, 15) is 9.59 Å². The zero-order valence-electron chi connectivity index (χ0n) is 18.8. The van der Waals surface area contributed by atoms with Gasteiger partial charge in [-0.1, -0.05) is 0 Å². The van der Waals surface area contributed by atoms with E-state index in [2.05, 4.69) is 20.8 Å². The maximum atomic E-state index is 13.5. The van der Waals surface area contributed by atoms with Crippen molar-refractivity contribution in [1.82, 2.24) is 4.90 Å². The average molecular weight is 496 g/mol. The van der Waals surface area contributed by atoms with Gasteiger partial charge in [-0.05, 0) is 0 Å². The quantitative estimate of drug-likeness (QED) is 0.402. The van der Waals surface area contributed by atoms with E-state index >= 15 is 0 Å². The Hall–Kier alpha value is -0.521. The number of hydrogen-bond acceptors (Lipinski definition) is 3. The molecule has 2 aliphatic heterocycles. The van der Waals surface area contributed by atoms with E-state index in [1.807, 2.05) is 20.8 Å². The third-order valence-corrected chi connectivity index (χ3v) is 23.6. The van der Waals surface area contributed by atoms with Crippen LogP contribution in [0.15, 0.2) is 9.16 Å². The Labute approximate surface area is 175 Å². The Bertz CT molecular complexity index is 666. The number of likely N-dealkylation sites (tertiary alicyclic amines) is 1. The molecule has 0 aromatic rings. The van der Waals surface area contributed by atoms with Crippen LogP contribution in [0.3, 0.4) is 0 Å². The van der Waals surface area contributed by atoms with Crippen LogP contribution >= 0.6 is 0 Å². The number of ether oxygens (including phenoxy) is 1. The van der Waals surface area contributed by atoms with Gasteiger partial charge < -0.3 is 0 Å². The van der Waals surface area contributed by atoms with Gasteiger partial charge >= 0.3 is 176 Å². The second-order valence-electron chi connectivity index (χ2n) is 10.5. The van der Waals surface area contributed by atoms with Crippen LogP contribution in [0.1, 0.15) is 80.1 Å². The summed E-state index contributed by atoms with van der Waals surface area (Å²) < 4.78 is 11.2. The Morgan fingerprint density at radius 1 is 1.18 bits per heavy atom. The summed E-state index contributed by atoms with van der Waals surface area (Å²) in [6, 6.07) is 0. The molecule has 0 N–H and O–H groups in total. The van der Waals surface area contributed by atoms with E-state index in [1.54, 1.807) is 3.59 Å². The second kappa shape index (κ2) is 7.96. The monoisotopic (exact) mass is 497 g/mol. The summed E-state index contributed by atoms with van der Waals surface area (Å²) in [4.78, 5) is 27.6. The normalized spacial score (nSPS) is 26.8. The van der Waals surface area contributed by atoms with Crippen molar-refractivity contribution < 1.29 is 14.3 Å². The molecule has 0 spiro atoms. The Morgan fingerprint density at radius 2 is 1.75 bits per heavy atom. The predicted molar refractivity (Wildman–Crippen MR) is 116 cm³/mol. The molecule has 1 aliphatic carbocycles. The van der Waals surface area contributed by atoms with Crippen LogP contribution in [-0.2, 0) is 9.53 Å². The summed E-state index contributed by atoms with van der Waals surface area (Å²) in [5, 5.41) is 0. The second-order valence-corrected chi connectivity index (χ2v) is 23.2. The first-order chi connectivity index (χ1) is 13.1. The molecule has 2 heterocycles. The number of imide groups is 1. The van der Waals surface area contributed by atoms with Crippen LogP contribution in [0.4, 0.5) is 4.79 Å². The van der Waals surface area contributed by atoms with Gasteiger partial charge in [-0.25, -0.2) is 0 Å². The molecule has 4 nitrogen and oxygen atoms in total. The summed E-state index contributed by atoms with van der Waals surface area (Å²) >= 11 is -2.58. The zero-order valence-corrected chi connectivity index (χ0v) is 21.7. The molecule has 158 valence electrons. The topological polar surface area (TPSA) is 46.6 Å². The van der Waals surface area contributed by atoms with Gasteiger partial charge in [0, 0.05) is 0 Å². The Balaban J connectivity index is 1.97. The summed E-state index contributed by atoms with van der Waals surface area (Å²) in [5.74, 6) is 0.745. The number of carbonyl (C=O) groups is 2. The van der Waals surface area contributed by atoms with Crippen LogP contribution in [0.5, 0.6) is 0 Å². The van der Waals surface area contributed by atoms with Gasteiger partial charge in [0.15, 0.2) is 0 Å². The van der Waals surface area contributed by atoms with E-state index in [0.29, 0.717) is 6.54 Å².